The molecule has 0 atom stereocenters. The molecule has 2 rings (SSSR count). The molecule has 4 nitrogen and oxygen atoms in total. The third-order valence-corrected chi connectivity index (χ3v) is 2.94. The van der Waals surface area contributed by atoms with E-state index in [1.807, 2.05) is 10.6 Å². The summed E-state index contributed by atoms with van der Waals surface area (Å²) in [6, 6.07) is 2.59. The Balaban J connectivity index is 2.03. The lowest BCUT2D eigenvalue weighted by Crippen LogP contribution is -2.22. The van der Waals surface area contributed by atoms with E-state index in [1.54, 1.807) is 0 Å². The summed E-state index contributed by atoms with van der Waals surface area (Å²) in [5.74, 6) is -12.2. The molecule has 0 fully saturated rings. The van der Waals surface area contributed by atoms with Gasteiger partial charge >= 0.3 is 0 Å². The molecule has 0 heterocycles. The van der Waals surface area contributed by atoms with Gasteiger partial charge in [-0.1, -0.05) is 0 Å². The van der Waals surface area contributed by atoms with Crippen LogP contribution in [0.1, 0.15) is 6.42 Å². The van der Waals surface area contributed by atoms with Gasteiger partial charge < -0.3 is 10.6 Å². The van der Waals surface area contributed by atoms with Crippen LogP contribution < -0.4 is 10.6 Å². The third kappa shape index (κ3) is 4.08. The molecule has 0 aromatic heterocycles. The lowest BCUT2D eigenvalue weighted by Gasteiger charge is -2.09. The average Bonchev–Trinajstić information content (AvgIpc) is 2.56. The van der Waals surface area contributed by atoms with Crippen molar-refractivity contribution >= 4 is 23.2 Å². The van der Waals surface area contributed by atoms with Gasteiger partial charge in [-0.2, -0.15) is 0 Å². The number of anilines is 2. The molecule has 2 N–H and O–H groups in total. The van der Waals surface area contributed by atoms with Crippen LogP contribution in [0.25, 0.3) is 0 Å². The standard InChI is InChI=1S/C15H8F6N2O2/c16-6-1-3-8(14(20)12(6)18)22-10(24)5-11(25)23-9-4-2-7(17)13(19)15(9)21/h1-4H,5H2,(H,22,24)(H,23,25). The normalized spacial score (nSPS) is 10.5. The summed E-state index contributed by atoms with van der Waals surface area (Å²) < 4.78 is 78.3. The van der Waals surface area contributed by atoms with E-state index in [0.29, 0.717) is 12.1 Å². The first-order valence-corrected chi connectivity index (χ1v) is 6.57. The van der Waals surface area contributed by atoms with Crippen LogP contribution in [0.3, 0.4) is 0 Å². The fraction of sp³-hybridized carbons (Fsp3) is 0.0667. The van der Waals surface area contributed by atoms with Gasteiger partial charge in [0.2, 0.25) is 11.8 Å². The van der Waals surface area contributed by atoms with Gasteiger partial charge in [0, 0.05) is 0 Å². The molecule has 25 heavy (non-hydrogen) atoms. The molecule has 2 aromatic rings. The SMILES string of the molecule is O=C(CC(=O)Nc1ccc(F)c(F)c1F)Nc1ccc(F)c(F)c1F. The van der Waals surface area contributed by atoms with E-state index in [-0.39, 0.29) is 0 Å². The topological polar surface area (TPSA) is 58.2 Å². The van der Waals surface area contributed by atoms with Crippen LogP contribution in [0.5, 0.6) is 0 Å². The summed E-state index contributed by atoms with van der Waals surface area (Å²) in [4.78, 5) is 23.2. The lowest BCUT2D eigenvalue weighted by atomic mass is 10.2. The quantitative estimate of drug-likeness (QED) is 0.497. The van der Waals surface area contributed by atoms with Crippen LogP contribution >= 0.6 is 0 Å². The molecule has 132 valence electrons. The fourth-order valence-electron chi connectivity index (χ4n) is 1.78. The van der Waals surface area contributed by atoms with Crippen LogP contribution in [0.15, 0.2) is 24.3 Å². The summed E-state index contributed by atoms with van der Waals surface area (Å²) in [7, 11) is 0. The second-order valence-corrected chi connectivity index (χ2v) is 4.72. The van der Waals surface area contributed by atoms with Crippen molar-refractivity contribution in [3.05, 3.63) is 59.2 Å². The van der Waals surface area contributed by atoms with Crippen molar-refractivity contribution in [3.8, 4) is 0 Å². The number of halogens is 6. The summed E-state index contributed by atoms with van der Waals surface area (Å²) in [6.07, 6.45) is -0.975. The Labute approximate surface area is 136 Å². The van der Waals surface area contributed by atoms with Crippen molar-refractivity contribution < 1.29 is 35.9 Å². The molecule has 0 saturated carbocycles. The van der Waals surface area contributed by atoms with Crippen molar-refractivity contribution in [3.63, 3.8) is 0 Å². The van der Waals surface area contributed by atoms with Crippen molar-refractivity contribution in [2.24, 2.45) is 0 Å². The van der Waals surface area contributed by atoms with E-state index >= 15 is 0 Å². The molecule has 0 saturated heterocycles. The van der Waals surface area contributed by atoms with Gasteiger partial charge in [0.25, 0.3) is 0 Å². The van der Waals surface area contributed by atoms with Crippen LogP contribution in [0, 0.1) is 34.9 Å². The van der Waals surface area contributed by atoms with E-state index in [2.05, 4.69) is 0 Å². The van der Waals surface area contributed by atoms with E-state index < -0.39 is 64.5 Å². The first-order chi connectivity index (χ1) is 11.7. The Kier molecular flexibility index (Phi) is 5.30. The summed E-state index contributed by atoms with van der Waals surface area (Å²) in [6.45, 7) is 0. The minimum Gasteiger partial charge on any atom is -0.323 e. The first kappa shape index (κ1) is 18.3. The number of hydrogen-bond acceptors (Lipinski definition) is 2. The fourth-order valence-corrected chi connectivity index (χ4v) is 1.78. The maximum absolute atomic E-state index is 13.4. The van der Waals surface area contributed by atoms with Gasteiger partial charge in [-0.3, -0.25) is 9.59 Å². The Morgan fingerprint density at radius 2 is 1.00 bits per heavy atom. The number of carbonyl (C=O) groups is 2. The van der Waals surface area contributed by atoms with E-state index in [4.69, 9.17) is 0 Å². The number of amides is 2. The van der Waals surface area contributed by atoms with Gasteiger partial charge in [-0.05, 0) is 24.3 Å². The Morgan fingerprint density at radius 1 is 0.640 bits per heavy atom. The van der Waals surface area contributed by atoms with Crippen molar-refractivity contribution in [1.29, 1.82) is 0 Å². The van der Waals surface area contributed by atoms with Crippen LogP contribution in [-0.2, 0) is 9.59 Å². The second-order valence-electron chi connectivity index (χ2n) is 4.72. The Bertz CT molecular complexity index is 787. The zero-order chi connectivity index (χ0) is 18.7. The van der Waals surface area contributed by atoms with E-state index in [1.165, 1.54) is 0 Å². The van der Waals surface area contributed by atoms with E-state index in [9.17, 15) is 35.9 Å². The maximum Gasteiger partial charge on any atom is 0.233 e. The highest BCUT2D eigenvalue weighted by Crippen LogP contribution is 2.21. The minimum absolute atomic E-state index is 0.560. The largest absolute Gasteiger partial charge is 0.323 e. The minimum atomic E-state index is -1.81. The summed E-state index contributed by atoms with van der Waals surface area (Å²) in [5.41, 5.74) is -1.42. The molecule has 0 aliphatic carbocycles. The van der Waals surface area contributed by atoms with Gasteiger partial charge in [0.05, 0.1) is 11.4 Å². The van der Waals surface area contributed by atoms with Gasteiger partial charge in [-0.25, -0.2) is 26.3 Å². The predicted octanol–water partition coefficient (Wildman–Crippen LogP) is 3.49. The number of nitrogens with one attached hydrogen (secondary N) is 2. The molecular formula is C15H8F6N2O2. The summed E-state index contributed by atoms with van der Waals surface area (Å²) >= 11 is 0. The van der Waals surface area contributed by atoms with Crippen molar-refractivity contribution in [2.45, 2.75) is 6.42 Å². The highest BCUT2D eigenvalue weighted by atomic mass is 19.2. The summed E-state index contributed by atoms with van der Waals surface area (Å²) in [5, 5.41) is 3.64. The van der Waals surface area contributed by atoms with Crippen molar-refractivity contribution in [2.75, 3.05) is 10.6 Å². The van der Waals surface area contributed by atoms with Crippen molar-refractivity contribution in [1.82, 2.24) is 0 Å². The molecule has 0 radical (unpaired) electrons. The number of hydrogen-bond donors (Lipinski definition) is 2. The zero-order valence-corrected chi connectivity index (χ0v) is 12.1. The molecular weight excluding hydrogens is 354 g/mol. The predicted molar refractivity (Wildman–Crippen MR) is 74.5 cm³/mol. The molecule has 0 bridgehead atoms. The number of rotatable bonds is 4. The molecule has 2 aromatic carbocycles. The van der Waals surface area contributed by atoms with Gasteiger partial charge in [-0.15, -0.1) is 0 Å². The third-order valence-electron chi connectivity index (χ3n) is 2.94. The molecule has 0 aliphatic heterocycles. The Hall–Kier alpha value is -3.04. The zero-order valence-electron chi connectivity index (χ0n) is 12.1. The van der Waals surface area contributed by atoms with Crippen LogP contribution in [-0.4, -0.2) is 11.8 Å². The average molecular weight is 362 g/mol. The maximum atomic E-state index is 13.4. The van der Waals surface area contributed by atoms with Gasteiger partial charge in [0.1, 0.15) is 6.42 Å². The molecule has 2 amide bonds. The number of benzene rings is 2. The molecule has 10 heteroatoms. The lowest BCUT2D eigenvalue weighted by molar-refractivity contribution is -0.123. The smallest absolute Gasteiger partial charge is 0.233 e. The first-order valence-electron chi connectivity index (χ1n) is 6.57. The second kappa shape index (κ2) is 7.24. The van der Waals surface area contributed by atoms with Crippen LogP contribution in [0.2, 0.25) is 0 Å². The highest BCUT2D eigenvalue weighted by Gasteiger charge is 2.19. The molecule has 0 aliphatic rings. The Morgan fingerprint density at radius 3 is 1.36 bits per heavy atom. The number of carbonyl (C=O) groups excluding carboxylic acids is 2. The molecule has 0 spiro atoms. The van der Waals surface area contributed by atoms with Crippen LogP contribution in [0.4, 0.5) is 37.7 Å². The highest BCUT2D eigenvalue weighted by molar-refractivity contribution is 6.08. The van der Waals surface area contributed by atoms with E-state index in [0.717, 1.165) is 12.1 Å². The monoisotopic (exact) mass is 362 g/mol. The molecule has 0 unspecified atom stereocenters. The van der Waals surface area contributed by atoms with Gasteiger partial charge in [0.15, 0.2) is 34.9 Å².